The molecule has 0 atom stereocenters. The summed E-state index contributed by atoms with van der Waals surface area (Å²) < 4.78 is 0. The minimum atomic E-state index is 0.644. The van der Waals surface area contributed by atoms with Crippen molar-refractivity contribution in [3.8, 4) is 0 Å². The Kier molecular flexibility index (Phi) is 1.53. The van der Waals surface area contributed by atoms with Gasteiger partial charge in [0.05, 0.1) is 0 Å². The van der Waals surface area contributed by atoms with Gasteiger partial charge in [0, 0.05) is 30.5 Å². The molecule has 1 aromatic rings. The van der Waals surface area contributed by atoms with E-state index in [2.05, 4.69) is 22.0 Å². The quantitative estimate of drug-likeness (QED) is 0.731. The van der Waals surface area contributed by atoms with Crippen LogP contribution in [0.3, 0.4) is 0 Å². The fourth-order valence-corrected chi connectivity index (χ4v) is 2.66. The lowest BCUT2D eigenvalue weighted by Gasteiger charge is -2.58. The molecule has 3 rings (SSSR count). The first-order valence-corrected chi connectivity index (χ1v) is 5.26. The minimum Gasteiger partial charge on any atom is -0.364 e. The average Bonchev–Trinajstić information content (AvgIpc) is 2.47. The van der Waals surface area contributed by atoms with Crippen molar-refractivity contribution in [3.63, 3.8) is 0 Å². The van der Waals surface area contributed by atoms with E-state index in [-0.39, 0.29) is 0 Å². The molecule has 70 valence electrons. The van der Waals surface area contributed by atoms with Gasteiger partial charge in [-0.1, -0.05) is 0 Å². The van der Waals surface area contributed by atoms with Gasteiger partial charge in [0.1, 0.15) is 0 Å². The largest absolute Gasteiger partial charge is 0.364 e. The Morgan fingerprint density at radius 2 is 2.31 bits per heavy atom. The number of hydrogen-bond acceptors (Lipinski definition) is 1. The van der Waals surface area contributed by atoms with Gasteiger partial charge in [-0.2, -0.15) is 0 Å². The predicted molar refractivity (Wildman–Crippen MR) is 52.4 cm³/mol. The summed E-state index contributed by atoms with van der Waals surface area (Å²) in [6, 6.07) is 4.27. The maximum atomic E-state index is 3.28. The molecule has 2 heterocycles. The second kappa shape index (κ2) is 2.61. The molecule has 1 saturated heterocycles. The molecule has 1 N–H and O–H groups in total. The Bertz CT molecular complexity index is 280. The van der Waals surface area contributed by atoms with Crippen molar-refractivity contribution >= 4 is 0 Å². The highest BCUT2D eigenvalue weighted by molar-refractivity contribution is 5.10. The normalized spacial score (nSPS) is 25.5. The Morgan fingerprint density at radius 3 is 2.77 bits per heavy atom. The highest BCUT2D eigenvalue weighted by Crippen LogP contribution is 2.47. The number of H-pyrrole nitrogens is 1. The summed E-state index contributed by atoms with van der Waals surface area (Å²) in [7, 11) is 0. The fourth-order valence-electron chi connectivity index (χ4n) is 2.66. The van der Waals surface area contributed by atoms with E-state index in [1.54, 1.807) is 0 Å². The van der Waals surface area contributed by atoms with Gasteiger partial charge in [0.15, 0.2) is 0 Å². The summed E-state index contributed by atoms with van der Waals surface area (Å²) in [6.45, 7) is 2.44. The third kappa shape index (κ3) is 1.05. The molecule has 0 bridgehead atoms. The molecule has 1 aliphatic carbocycles. The van der Waals surface area contributed by atoms with Crippen LogP contribution in [0.25, 0.3) is 0 Å². The van der Waals surface area contributed by atoms with E-state index in [4.69, 9.17) is 0 Å². The van der Waals surface area contributed by atoms with Crippen LogP contribution in [0.5, 0.6) is 0 Å². The Morgan fingerprint density at radius 1 is 1.38 bits per heavy atom. The van der Waals surface area contributed by atoms with Gasteiger partial charge in [-0.15, -0.1) is 0 Å². The van der Waals surface area contributed by atoms with Crippen LogP contribution in [0, 0.1) is 0 Å². The van der Waals surface area contributed by atoms with Gasteiger partial charge in [-0.25, -0.2) is 0 Å². The topological polar surface area (TPSA) is 19.0 Å². The van der Waals surface area contributed by atoms with Crippen molar-refractivity contribution in [3.05, 3.63) is 24.0 Å². The number of aromatic amines is 1. The van der Waals surface area contributed by atoms with Crippen LogP contribution in [0.2, 0.25) is 0 Å². The second-order valence-corrected chi connectivity index (χ2v) is 4.44. The van der Waals surface area contributed by atoms with Crippen molar-refractivity contribution in [1.29, 1.82) is 0 Å². The van der Waals surface area contributed by atoms with Crippen molar-refractivity contribution < 1.29 is 0 Å². The van der Waals surface area contributed by atoms with Gasteiger partial charge >= 0.3 is 0 Å². The molecule has 1 saturated carbocycles. The summed E-state index contributed by atoms with van der Waals surface area (Å²) in [5.41, 5.74) is 2.01. The molecule has 0 unspecified atom stereocenters. The van der Waals surface area contributed by atoms with Crippen LogP contribution >= 0.6 is 0 Å². The van der Waals surface area contributed by atoms with Crippen molar-refractivity contribution in [2.24, 2.45) is 0 Å². The Balaban J connectivity index is 1.67. The average molecular weight is 176 g/mol. The highest BCUT2D eigenvalue weighted by Gasteiger charge is 2.48. The van der Waals surface area contributed by atoms with Crippen LogP contribution in [0.1, 0.15) is 31.4 Å². The monoisotopic (exact) mass is 176 g/mol. The van der Waals surface area contributed by atoms with Crippen LogP contribution in [0.15, 0.2) is 18.3 Å². The first kappa shape index (κ1) is 7.63. The summed E-state index contributed by atoms with van der Waals surface area (Å²) in [6.07, 6.45) is 7.78. The van der Waals surface area contributed by atoms with E-state index in [1.807, 2.05) is 6.20 Å². The smallest absolute Gasteiger partial charge is 0.0390 e. The first-order chi connectivity index (χ1) is 6.39. The Hall–Kier alpha value is -0.760. The molecule has 13 heavy (non-hydrogen) atoms. The molecular formula is C11H16N2. The van der Waals surface area contributed by atoms with Crippen molar-refractivity contribution in [2.75, 3.05) is 6.54 Å². The summed E-state index contributed by atoms with van der Waals surface area (Å²) in [4.78, 5) is 5.92. The number of nitrogens with zero attached hydrogens (tertiary/aromatic N) is 1. The molecule has 2 nitrogen and oxygen atoms in total. The Labute approximate surface area is 78.9 Å². The lowest BCUT2D eigenvalue weighted by molar-refractivity contribution is -0.0795. The third-order valence-electron chi connectivity index (χ3n) is 3.83. The lowest BCUT2D eigenvalue weighted by Crippen LogP contribution is -2.63. The van der Waals surface area contributed by atoms with E-state index in [1.165, 1.54) is 37.9 Å². The summed E-state index contributed by atoms with van der Waals surface area (Å²) in [5.74, 6) is 0. The van der Waals surface area contributed by atoms with E-state index in [0.717, 1.165) is 6.54 Å². The maximum absolute atomic E-state index is 3.28. The van der Waals surface area contributed by atoms with Gasteiger partial charge in [-0.05, 0) is 37.8 Å². The van der Waals surface area contributed by atoms with E-state index in [9.17, 15) is 0 Å². The van der Waals surface area contributed by atoms with Crippen LogP contribution in [-0.2, 0) is 6.54 Å². The lowest BCUT2D eigenvalue weighted by atomic mass is 9.68. The number of nitrogens with one attached hydrogen (secondary N) is 1. The van der Waals surface area contributed by atoms with Gasteiger partial charge in [-0.3, -0.25) is 4.90 Å². The highest BCUT2D eigenvalue weighted by atomic mass is 15.3. The molecule has 1 spiro atoms. The molecule has 0 amide bonds. The molecule has 2 fully saturated rings. The number of aromatic nitrogens is 1. The van der Waals surface area contributed by atoms with E-state index < -0.39 is 0 Å². The van der Waals surface area contributed by atoms with Crippen molar-refractivity contribution in [2.45, 2.75) is 37.8 Å². The number of hydrogen-bond donors (Lipinski definition) is 1. The van der Waals surface area contributed by atoms with Crippen LogP contribution < -0.4 is 0 Å². The zero-order valence-corrected chi connectivity index (χ0v) is 7.92. The number of rotatable bonds is 2. The first-order valence-electron chi connectivity index (χ1n) is 5.26. The zero-order chi connectivity index (χ0) is 8.73. The summed E-state index contributed by atoms with van der Waals surface area (Å²) in [5, 5.41) is 0. The van der Waals surface area contributed by atoms with Gasteiger partial charge < -0.3 is 4.98 Å². The molecule has 0 radical (unpaired) electrons. The van der Waals surface area contributed by atoms with Crippen LogP contribution in [-0.4, -0.2) is 22.0 Å². The minimum absolute atomic E-state index is 0.644. The predicted octanol–water partition coefficient (Wildman–Crippen LogP) is 2.14. The second-order valence-electron chi connectivity index (χ2n) is 4.44. The van der Waals surface area contributed by atoms with E-state index in [0.29, 0.717) is 5.54 Å². The molecule has 1 aliphatic heterocycles. The van der Waals surface area contributed by atoms with Gasteiger partial charge in [0.2, 0.25) is 0 Å². The molecule has 1 aromatic heterocycles. The van der Waals surface area contributed by atoms with Crippen molar-refractivity contribution in [1.82, 2.24) is 9.88 Å². The molecule has 0 aromatic carbocycles. The molecule has 2 heteroatoms. The van der Waals surface area contributed by atoms with E-state index >= 15 is 0 Å². The summed E-state index contributed by atoms with van der Waals surface area (Å²) >= 11 is 0. The van der Waals surface area contributed by atoms with Gasteiger partial charge in [0.25, 0.3) is 0 Å². The molecular weight excluding hydrogens is 160 g/mol. The standard InChI is InChI=1S/C11H16N2/c1-3-10(12-7-1)9-13-8-6-11(13)4-2-5-11/h1,3,7,12H,2,4-6,8-9H2. The van der Waals surface area contributed by atoms with Crippen LogP contribution in [0.4, 0.5) is 0 Å². The number of likely N-dealkylation sites (tertiary alicyclic amines) is 1. The zero-order valence-electron chi connectivity index (χ0n) is 7.92. The maximum Gasteiger partial charge on any atom is 0.0390 e. The fraction of sp³-hybridized carbons (Fsp3) is 0.636. The molecule has 2 aliphatic rings. The third-order valence-corrected chi connectivity index (χ3v) is 3.83. The SMILES string of the molecule is c1c[nH]c(CN2CCC23CCC3)c1.